The monoisotopic (exact) mass is 442 g/mol. The van der Waals surface area contributed by atoms with Crippen molar-refractivity contribution in [2.75, 3.05) is 6.61 Å². The average Bonchev–Trinajstić information content (AvgIpc) is 3.19. The van der Waals surface area contributed by atoms with Gasteiger partial charge in [0.25, 0.3) is 0 Å². The van der Waals surface area contributed by atoms with E-state index < -0.39 is 0 Å². The number of halogens is 1. The van der Waals surface area contributed by atoms with E-state index in [9.17, 15) is 4.79 Å². The molecule has 2 unspecified atom stereocenters. The Labute approximate surface area is 170 Å². The molecule has 2 N–H and O–H groups in total. The molecule has 1 aromatic heterocycles. The van der Waals surface area contributed by atoms with Crippen LogP contribution in [0, 0.1) is 0 Å². The highest BCUT2D eigenvalue weighted by Crippen LogP contribution is 2.34. The van der Waals surface area contributed by atoms with Crippen molar-refractivity contribution >= 4 is 22.0 Å². The van der Waals surface area contributed by atoms with Crippen LogP contribution in [0.3, 0.4) is 0 Å². The number of hydrogen-bond acceptors (Lipinski definition) is 5. The molecule has 1 aliphatic heterocycles. The average molecular weight is 443 g/mol. The molecular formula is C19H19BrN6O2. The van der Waals surface area contributed by atoms with Gasteiger partial charge >= 0.3 is 6.03 Å². The van der Waals surface area contributed by atoms with Gasteiger partial charge in [0, 0.05) is 16.5 Å². The molecule has 3 aromatic rings. The number of aromatic nitrogens is 4. The van der Waals surface area contributed by atoms with Gasteiger partial charge in [0.2, 0.25) is 0 Å². The number of amides is 2. The van der Waals surface area contributed by atoms with Crippen LogP contribution in [0.25, 0.3) is 5.69 Å². The predicted octanol–water partition coefficient (Wildman–Crippen LogP) is 3.31. The van der Waals surface area contributed by atoms with E-state index in [-0.39, 0.29) is 18.1 Å². The third-order valence-corrected chi connectivity index (χ3v) is 5.04. The number of rotatable bonds is 4. The lowest BCUT2D eigenvalue weighted by Crippen LogP contribution is -2.41. The first-order valence-corrected chi connectivity index (χ1v) is 9.74. The summed E-state index contributed by atoms with van der Waals surface area (Å²) in [5.41, 5.74) is 1.79. The first-order chi connectivity index (χ1) is 13.6. The maximum absolute atomic E-state index is 12.6. The zero-order valence-electron chi connectivity index (χ0n) is 15.2. The van der Waals surface area contributed by atoms with Crippen molar-refractivity contribution in [3.05, 3.63) is 64.4 Å². The zero-order valence-corrected chi connectivity index (χ0v) is 16.8. The van der Waals surface area contributed by atoms with Crippen molar-refractivity contribution in [1.29, 1.82) is 0 Å². The van der Waals surface area contributed by atoms with Gasteiger partial charge in [-0.3, -0.25) is 0 Å². The van der Waals surface area contributed by atoms with Crippen molar-refractivity contribution in [2.45, 2.75) is 25.4 Å². The predicted molar refractivity (Wildman–Crippen MR) is 106 cm³/mol. The molecular weight excluding hydrogens is 424 g/mol. The zero-order chi connectivity index (χ0) is 19.5. The highest BCUT2D eigenvalue weighted by Gasteiger charge is 2.25. The van der Waals surface area contributed by atoms with Crippen LogP contribution in [-0.2, 0) is 0 Å². The number of carbonyl (C=O) groups is 1. The van der Waals surface area contributed by atoms with E-state index in [1.54, 1.807) is 4.68 Å². The fraction of sp³-hybridized carbons (Fsp3) is 0.263. The summed E-state index contributed by atoms with van der Waals surface area (Å²) in [7, 11) is 0. The lowest BCUT2D eigenvalue weighted by Gasteiger charge is -2.27. The highest BCUT2D eigenvalue weighted by atomic mass is 79.9. The molecule has 1 aliphatic rings. The number of benzene rings is 2. The number of ether oxygens (including phenoxy) is 1. The van der Waals surface area contributed by atoms with Crippen molar-refractivity contribution in [3.63, 3.8) is 0 Å². The van der Waals surface area contributed by atoms with Crippen molar-refractivity contribution < 1.29 is 9.53 Å². The Bertz CT molecular complexity index is 978. The summed E-state index contributed by atoms with van der Waals surface area (Å²) in [5, 5.41) is 17.8. The second-order valence-corrected chi connectivity index (χ2v) is 7.41. The molecule has 2 amide bonds. The van der Waals surface area contributed by atoms with E-state index in [1.807, 2.05) is 55.5 Å². The Morgan fingerprint density at radius 3 is 2.93 bits per heavy atom. The van der Waals surface area contributed by atoms with Crippen LogP contribution in [0.2, 0.25) is 0 Å². The SMILES string of the molecule is CC(NC(=O)NC1CCOc2ccc(Br)cc21)c1nnnn1-c1ccccc1. The number of nitrogens with zero attached hydrogens (tertiary/aromatic N) is 4. The third kappa shape index (κ3) is 3.84. The van der Waals surface area contributed by atoms with Crippen LogP contribution < -0.4 is 15.4 Å². The molecule has 0 aliphatic carbocycles. The second-order valence-electron chi connectivity index (χ2n) is 6.50. The summed E-state index contributed by atoms with van der Waals surface area (Å²) in [6.07, 6.45) is 0.701. The van der Waals surface area contributed by atoms with Crippen LogP contribution in [-0.4, -0.2) is 32.8 Å². The normalized spacial score (nSPS) is 16.6. The van der Waals surface area contributed by atoms with Gasteiger partial charge in [0.1, 0.15) is 5.75 Å². The third-order valence-electron chi connectivity index (χ3n) is 4.55. The number of para-hydroxylation sites is 1. The lowest BCUT2D eigenvalue weighted by molar-refractivity contribution is 0.220. The van der Waals surface area contributed by atoms with Gasteiger partial charge in [-0.15, -0.1) is 5.10 Å². The van der Waals surface area contributed by atoms with E-state index in [4.69, 9.17) is 4.74 Å². The second kappa shape index (κ2) is 7.97. The molecule has 0 fully saturated rings. The smallest absolute Gasteiger partial charge is 0.315 e. The van der Waals surface area contributed by atoms with Gasteiger partial charge in [-0.25, -0.2) is 4.79 Å². The molecule has 144 valence electrons. The molecule has 0 bridgehead atoms. The maximum Gasteiger partial charge on any atom is 0.315 e. The van der Waals surface area contributed by atoms with Gasteiger partial charge in [-0.1, -0.05) is 34.1 Å². The summed E-state index contributed by atoms with van der Waals surface area (Å²) in [6.45, 7) is 2.40. The Balaban J connectivity index is 1.46. The van der Waals surface area contributed by atoms with Gasteiger partial charge in [-0.05, 0) is 47.7 Å². The van der Waals surface area contributed by atoms with E-state index in [0.29, 0.717) is 18.9 Å². The summed E-state index contributed by atoms with van der Waals surface area (Å²) in [4.78, 5) is 12.6. The number of urea groups is 1. The molecule has 2 aromatic carbocycles. The molecule has 0 saturated heterocycles. The Morgan fingerprint density at radius 1 is 1.29 bits per heavy atom. The minimum atomic E-state index is -0.378. The molecule has 8 nitrogen and oxygen atoms in total. The molecule has 0 spiro atoms. The summed E-state index contributed by atoms with van der Waals surface area (Å²) in [6, 6.07) is 14.6. The van der Waals surface area contributed by atoms with Crippen LogP contribution in [0.5, 0.6) is 5.75 Å². The number of hydrogen-bond donors (Lipinski definition) is 2. The Kier molecular flexibility index (Phi) is 5.25. The fourth-order valence-electron chi connectivity index (χ4n) is 3.19. The number of tetrazole rings is 1. The molecule has 0 radical (unpaired) electrons. The minimum absolute atomic E-state index is 0.126. The van der Waals surface area contributed by atoms with Crippen molar-refractivity contribution in [2.24, 2.45) is 0 Å². The first-order valence-electron chi connectivity index (χ1n) is 8.95. The molecule has 2 heterocycles. The maximum atomic E-state index is 12.6. The molecule has 28 heavy (non-hydrogen) atoms. The van der Waals surface area contributed by atoms with Crippen molar-refractivity contribution in [3.8, 4) is 11.4 Å². The lowest BCUT2D eigenvalue weighted by atomic mass is 10.0. The fourth-order valence-corrected chi connectivity index (χ4v) is 3.57. The molecule has 4 rings (SSSR count). The Morgan fingerprint density at radius 2 is 2.11 bits per heavy atom. The number of nitrogens with one attached hydrogen (secondary N) is 2. The Hall–Kier alpha value is -2.94. The van der Waals surface area contributed by atoms with Crippen LogP contribution in [0.15, 0.2) is 53.0 Å². The van der Waals surface area contributed by atoms with E-state index in [0.717, 1.165) is 21.5 Å². The van der Waals surface area contributed by atoms with E-state index in [2.05, 4.69) is 42.1 Å². The quantitative estimate of drug-likeness (QED) is 0.646. The summed E-state index contributed by atoms with van der Waals surface area (Å²) < 4.78 is 8.23. The summed E-state index contributed by atoms with van der Waals surface area (Å²) >= 11 is 3.47. The number of fused-ring (bicyclic) bond motifs is 1. The molecule has 0 saturated carbocycles. The highest BCUT2D eigenvalue weighted by molar-refractivity contribution is 9.10. The number of carbonyl (C=O) groups excluding carboxylic acids is 1. The van der Waals surface area contributed by atoms with Gasteiger partial charge in [0.05, 0.1) is 24.4 Å². The summed E-state index contributed by atoms with van der Waals surface area (Å²) in [5.74, 6) is 1.34. The first kappa shape index (κ1) is 18.4. The van der Waals surface area contributed by atoms with Gasteiger partial charge < -0.3 is 15.4 Å². The van der Waals surface area contributed by atoms with E-state index >= 15 is 0 Å². The largest absolute Gasteiger partial charge is 0.493 e. The van der Waals surface area contributed by atoms with Gasteiger partial charge in [0.15, 0.2) is 5.82 Å². The molecule has 9 heteroatoms. The minimum Gasteiger partial charge on any atom is -0.493 e. The van der Waals surface area contributed by atoms with Crippen LogP contribution in [0.4, 0.5) is 4.79 Å². The van der Waals surface area contributed by atoms with Crippen molar-refractivity contribution in [1.82, 2.24) is 30.8 Å². The van der Waals surface area contributed by atoms with Gasteiger partial charge in [-0.2, -0.15) is 4.68 Å². The standard InChI is InChI=1S/C19H19BrN6O2/c1-12(18-23-24-25-26(18)14-5-3-2-4-6-14)21-19(27)22-16-9-10-28-17-8-7-13(20)11-15(16)17/h2-8,11-12,16H,9-10H2,1H3,(H2,21,22,27). The molecule has 2 atom stereocenters. The van der Waals surface area contributed by atoms with E-state index in [1.165, 1.54) is 0 Å². The van der Waals surface area contributed by atoms with Crippen LogP contribution in [0.1, 0.15) is 36.8 Å². The van der Waals surface area contributed by atoms with Crippen LogP contribution >= 0.6 is 15.9 Å². The topological polar surface area (TPSA) is 94.0 Å².